The number of benzene rings is 3. The number of Topliss-reactive ketones (excluding diaryl/α,β-unsaturated/α-hetero) is 1. The summed E-state index contributed by atoms with van der Waals surface area (Å²) in [5, 5.41) is 11.9. The number of aliphatic hydroxyl groups excluding tert-OH is 1. The van der Waals surface area contributed by atoms with Crippen molar-refractivity contribution < 1.29 is 19.4 Å². The molecule has 1 aliphatic rings. The number of anilines is 2. The minimum absolute atomic E-state index is 0.0316. The molecule has 1 saturated heterocycles. The first-order chi connectivity index (χ1) is 17.8. The van der Waals surface area contributed by atoms with Crippen molar-refractivity contribution in [3.8, 4) is 5.75 Å². The number of carbonyl (C=O) groups excluding carboxylic acids is 2. The predicted molar refractivity (Wildman–Crippen MR) is 149 cm³/mol. The zero-order valence-corrected chi connectivity index (χ0v) is 22.2. The first-order valence-corrected chi connectivity index (χ1v) is 12.8. The van der Waals surface area contributed by atoms with E-state index < -0.39 is 17.7 Å². The Hall–Kier alpha value is -3.77. The van der Waals surface area contributed by atoms with Crippen LogP contribution in [0.4, 0.5) is 11.4 Å². The molecule has 1 atom stereocenters. The molecule has 0 spiro atoms. The number of ketones is 1. The zero-order chi connectivity index (χ0) is 26.7. The van der Waals surface area contributed by atoms with Gasteiger partial charge in [-0.3, -0.25) is 14.5 Å². The molecule has 1 aliphatic heterocycles. The Labute approximate surface area is 222 Å². The van der Waals surface area contributed by atoms with Gasteiger partial charge in [-0.25, -0.2) is 0 Å². The van der Waals surface area contributed by atoms with Crippen molar-refractivity contribution in [1.29, 1.82) is 0 Å². The van der Waals surface area contributed by atoms with Crippen molar-refractivity contribution >= 4 is 40.4 Å². The summed E-state index contributed by atoms with van der Waals surface area (Å²) >= 11 is 6.24. The molecule has 0 aliphatic carbocycles. The van der Waals surface area contributed by atoms with Crippen LogP contribution < -0.4 is 14.5 Å². The number of amides is 1. The Morgan fingerprint density at radius 1 is 1.00 bits per heavy atom. The van der Waals surface area contributed by atoms with Gasteiger partial charge in [0.05, 0.1) is 18.2 Å². The number of aliphatic hydroxyl groups is 1. The Kier molecular flexibility index (Phi) is 7.89. The topological polar surface area (TPSA) is 70.1 Å². The summed E-state index contributed by atoms with van der Waals surface area (Å²) in [6.07, 6.45) is 0. The summed E-state index contributed by atoms with van der Waals surface area (Å²) in [5.41, 5.74) is 3.51. The summed E-state index contributed by atoms with van der Waals surface area (Å²) in [4.78, 5) is 30.4. The highest BCUT2D eigenvalue weighted by atomic mass is 35.5. The van der Waals surface area contributed by atoms with Crippen LogP contribution in [0, 0.1) is 6.92 Å². The SMILES string of the molecule is CCOc1ccc(/C(O)=C2\C(=O)C(=O)N(c3cccc(Cl)c3)C2c2ccc(N(CC)CC)cc2)cc1C. The second-order valence-corrected chi connectivity index (χ2v) is 9.26. The van der Waals surface area contributed by atoms with E-state index in [1.807, 2.05) is 38.1 Å². The normalized spacial score (nSPS) is 16.8. The summed E-state index contributed by atoms with van der Waals surface area (Å²) in [5.74, 6) is -1.00. The number of hydrogen-bond acceptors (Lipinski definition) is 5. The van der Waals surface area contributed by atoms with Gasteiger partial charge in [-0.05, 0) is 87.4 Å². The maximum Gasteiger partial charge on any atom is 0.300 e. The fraction of sp³-hybridized carbons (Fsp3) is 0.267. The third-order valence-corrected chi connectivity index (χ3v) is 6.85. The van der Waals surface area contributed by atoms with Crippen LogP contribution in [0.1, 0.15) is 43.5 Å². The largest absolute Gasteiger partial charge is 0.507 e. The summed E-state index contributed by atoms with van der Waals surface area (Å²) in [6.45, 7) is 10.2. The number of nitrogens with zero attached hydrogens (tertiary/aromatic N) is 2. The van der Waals surface area contributed by atoms with Gasteiger partial charge in [0, 0.05) is 35.1 Å². The monoisotopic (exact) mass is 518 g/mol. The van der Waals surface area contributed by atoms with Crippen LogP contribution in [0.3, 0.4) is 0 Å². The highest BCUT2D eigenvalue weighted by molar-refractivity contribution is 6.51. The van der Waals surface area contributed by atoms with Crippen molar-refractivity contribution in [2.45, 2.75) is 33.7 Å². The average molecular weight is 519 g/mol. The number of hydrogen-bond donors (Lipinski definition) is 1. The molecule has 6 nitrogen and oxygen atoms in total. The quantitative estimate of drug-likeness (QED) is 0.209. The first-order valence-electron chi connectivity index (χ1n) is 12.5. The molecular weight excluding hydrogens is 488 g/mol. The van der Waals surface area contributed by atoms with E-state index in [1.54, 1.807) is 42.5 Å². The van der Waals surface area contributed by atoms with E-state index in [2.05, 4.69) is 18.7 Å². The highest BCUT2D eigenvalue weighted by Crippen LogP contribution is 2.43. The van der Waals surface area contributed by atoms with Crippen LogP contribution in [0.5, 0.6) is 5.75 Å². The lowest BCUT2D eigenvalue weighted by Gasteiger charge is -2.27. The minimum Gasteiger partial charge on any atom is -0.507 e. The van der Waals surface area contributed by atoms with Crippen molar-refractivity contribution in [1.82, 2.24) is 0 Å². The Balaban J connectivity index is 1.89. The number of carbonyl (C=O) groups is 2. The Bertz CT molecular complexity index is 1350. The maximum atomic E-state index is 13.4. The van der Waals surface area contributed by atoms with Crippen LogP contribution in [-0.4, -0.2) is 36.5 Å². The Morgan fingerprint density at radius 3 is 2.30 bits per heavy atom. The van der Waals surface area contributed by atoms with Crippen molar-refractivity contribution in [2.24, 2.45) is 0 Å². The molecule has 192 valence electrons. The molecule has 37 heavy (non-hydrogen) atoms. The highest BCUT2D eigenvalue weighted by Gasteiger charge is 2.47. The van der Waals surface area contributed by atoms with E-state index in [4.69, 9.17) is 16.3 Å². The van der Waals surface area contributed by atoms with Gasteiger partial charge in [-0.1, -0.05) is 29.8 Å². The smallest absolute Gasteiger partial charge is 0.300 e. The minimum atomic E-state index is -0.823. The van der Waals surface area contributed by atoms with Crippen molar-refractivity contribution in [2.75, 3.05) is 29.5 Å². The predicted octanol–water partition coefficient (Wildman–Crippen LogP) is 6.52. The molecular formula is C30H31ClN2O4. The summed E-state index contributed by atoms with van der Waals surface area (Å²) < 4.78 is 5.62. The molecule has 7 heteroatoms. The third kappa shape index (κ3) is 5.07. The summed E-state index contributed by atoms with van der Waals surface area (Å²) in [7, 11) is 0. The first kappa shape index (κ1) is 26.3. The van der Waals surface area contributed by atoms with E-state index in [0.29, 0.717) is 34.2 Å². The van der Waals surface area contributed by atoms with Gasteiger partial charge in [-0.15, -0.1) is 0 Å². The van der Waals surface area contributed by atoms with Gasteiger partial charge in [0.1, 0.15) is 11.5 Å². The average Bonchev–Trinajstić information content (AvgIpc) is 3.16. The van der Waals surface area contributed by atoms with Gasteiger partial charge in [0.25, 0.3) is 11.7 Å². The fourth-order valence-electron chi connectivity index (χ4n) is 4.77. The second kappa shape index (κ2) is 11.1. The molecule has 3 aromatic carbocycles. The van der Waals surface area contributed by atoms with Crippen molar-refractivity contribution in [3.05, 3.63) is 94.0 Å². The zero-order valence-electron chi connectivity index (χ0n) is 21.5. The van der Waals surface area contributed by atoms with Gasteiger partial charge in [0.15, 0.2) is 0 Å². The number of ether oxygens (including phenoxy) is 1. The maximum absolute atomic E-state index is 13.4. The van der Waals surface area contributed by atoms with E-state index in [1.165, 1.54) is 4.90 Å². The molecule has 0 bridgehead atoms. The molecule has 3 aromatic rings. The molecule has 0 saturated carbocycles. The lowest BCUT2D eigenvalue weighted by atomic mass is 9.94. The third-order valence-electron chi connectivity index (χ3n) is 6.62. The molecule has 0 aromatic heterocycles. The molecule has 1 amide bonds. The van der Waals surface area contributed by atoms with E-state index in [9.17, 15) is 14.7 Å². The van der Waals surface area contributed by atoms with Crippen LogP contribution in [0.2, 0.25) is 5.02 Å². The van der Waals surface area contributed by atoms with Gasteiger partial charge >= 0.3 is 0 Å². The van der Waals surface area contributed by atoms with Crippen LogP contribution in [-0.2, 0) is 9.59 Å². The number of halogens is 1. The second-order valence-electron chi connectivity index (χ2n) is 8.83. The van der Waals surface area contributed by atoms with Crippen LogP contribution in [0.25, 0.3) is 5.76 Å². The lowest BCUT2D eigenvalue weighted by molar-refractivity contribution is -0.132. The van der Waals surface area contributed by atoms with E-state index in [-0.39, 0.29) is 11.3 Å². The molecule has 1 unspecified atom stereocenters. The Morgan fingerprint density at radius 2 is 1.70 bits per heavy atom. The fourth-order valence-corrected chi connectivity index (χ4v) is 4.95. The molecule has 1 fully saturated rings. The van der Waals surface area contributed by atoms with E-state index in [0.717, 1.165) is 24.3 Å². The van der Waals surface area contributed by atoms with Gasteiger partial charge in [0.2, 0.25) is 0 Å². The number of aryl methyl sites for hydroxylation is 1. The van der Waals surface area contributed by atoms with Crippen LogP contribution >= 0.6 is 11.6 Å². The van der Waals surface area contributed by atoms with Gasteiger partial charge < -0.3 is 14.7 Å². The van der Waals surface area contributed by atoms with Gasteiger partial charge in [-0.2, -0.15) is 0 Å². The standard InChI is InChI=1S/C30H31ClN2O4/c1-5-32(6-2)23-14-11-20(12-15-23)27-26(28(34)21-13-16-25(37-7-3)19(4)17-21)29(35)30(36)33(27)24-10-8-9-22(31)18-24/h8-18,27,34H,5-7H2,1-4H3/b28-26+. The molecule has 0 radical (unpaired) electrons. The summed E-state index contributed by atoms with van der Waals surface area (Å²) in [6, 6.07) is 18.9. The molecule has 1 heterocycles. The van der Waals surface area contributed by atoms with E-state index >= 15 is 0 Å². The molecule has 1 N–H and O–H groups in total. The van der Waals surface area contributed by atoms with Crippen molar-refractivity contribution in [3.63, 3.8) is 0 Å². The molecule has 4 rings (SSSR count). The number of rotatable bonds is 8. The van der Waals surface area contributed by atoms with Crippen LogP contribution in [0.15, 0.2) is 72.3 Å². The lowest BCUT2D eigenvalue weighted by Crippen LogP contribution is -2.29.